The molecule has 0 aromatic heterocycles. The van der Waals surface area contributed by atoms with E-state index in [1.54, 1.807) is 0 Å². The molecule has 1 heterocycles. The van der Waals surface area contributed by atoms with E-state index in [4.69, 9.17) is 5.11 Å². The molecule has 0 aromatic carbocycles. The first kappa shape index (κ1) is 12.5. The van der Waals surface area contributed by atoms with Crippen LogP contribution < -0.4 is 0 Å². The molecule has 0 amide bonds. The molecule has 1 rings (SSSR count). The van der Waals surface area contributed by atoms with Crippen LogP contribution >= 0.6 is 0 Å². The summed E-state index contributed by atoms with van der Waals surface area (Å²) >= 11 is 0. The Morgan fingerprint density at radius 3 is 2.80 bits per heavy atom. The molecule has 15 heavy (non-hydrogen) atoms. The van der Waals surface area contributed by atoms with E-state index in [1.807, 2.05) is 6.92 Å². The molecule has 1 saturated heterocycles. The summed E-state index contributed by atoms with van der Waals surface area (Å²) in [7, 11) is 0. The van der Waals surface area contributed by atoms with Gasteiger partial charge in [0, 0.05) is 13.1 Å². The molecule has 2 N–H and O–H groups in total. The van der Waals surface area contributed by atoms with Crippen LogP contribution in [0.25, 0.3) is 0 Å². The molecule has 0 spiro atoms. The molecular weight excluding hydrogens is 194 g/mol. The van der Waals surface area contributed by atoms with Gasteiger partial charge < -0.3 is 10.2 Å². The Kier molecular flexibility index (Phi) is 4.54. The van der Waals surface area contributed by atoms with Gasteiger partial charge in [-0.15, -0.1) is 0 Å². The van der Waals surface area contributed by atoms with Gasteiger partial charge in [0.2, 0.25) is 0 Å². The average molecular weight is 215 g/mol. The van der Waals surface area contributed by atoms with E-state index in [1.165, 1.54) is 0 Å². The first-order chi connectivity index (χ1) is 7.14. The predicted molar refractivity (Wildman–Crippen MR) is 57.7 cm³/mol. The van der Waals surface area contributed by atoms with Gasteiger partial charge in [-0.05, 0) is 25.8 Å². The van der Waals surface area contributed by atoms with Crippen LogP contribution in [-0.2, 0) is 4.79 Å². The quantitative estimate of drug-likeness (QED) is 0.716. The van der Waals surface area contributed by atoms with Gasteiger partial charge in [0.1, 0.15) is 0 Å². The summed E-state index contributed by atoms with van der Waals surface area (Å²) in [6.45, 7) is 4.24. The number of rotatable bonds is 5. The van der Waals surface area contributed by atoms with Crippen molar-refractivity contribution in [2.45, 2.75) is 32.6 Å². The lowest BCUT2D eigenvalue weighted by atomic mass is 9.76. The number of nitrogens with zero attached hydrogens (tertiary/aromatic N) is 1. The summed E-state index contributed by atoms with van der Waals surface area (Å²) in [5, 5.41) is 18.2. The second kappa shape index (κ2) is 5.47. The number of β-amino-alcohol motifs (C(OH)–C–C–N with tert-alkyl or cyclic N) is 1. The highest BCUT2D eigenvalue weighted by atomic mass is 16.4. The van der Waals surface area contributed by atoms with Crippen LogP contribution in [0.5, 0.6) is 0 Å². The smallest absolute Gasteiger partial charge is 0.310 e. The minimum Gasteiger partial charge on any atom is -0.481 e. The van der Waals surface area contributed by atoms with Crippen molar-refractivity contribution in [3.63, 3.8) is 0 Å². The molecule has 0 saturated carbocycles. The van der Waals surface area contributed by atoms with Gasteiger partial charge in [-0.1, -0.05) is 13.3 Å². The molecule has 88 valence electrons. The van der Waals surface area contributed by atoms with E-state index >= 15 is 0 Å². The largest absolute Gasteiger partial charge is 0.481 e. The standard InChI is InChI=1S/C11H21NO3/c1-2-4-11(10(14)15)5-3-6-12(9-11)7-8-13/h13H,2-9H2,1H3,(H,14,15). The SMILES string of the molecule is CCCC1(C(=O)O)CCCN(CCO)C1. The van der Waals surface area contributed by atoms with E-state index in [0.29, 0.717) is 13.1 Å². The van der Waals surface area contributed by atoms with Crippen LogP contribution in [-0.4, -0.2) is 47.3 Å². The van der Waals surface area contributed by atoms with Gasteiger partial charge in [0.15, 0.2) is 0 Å². The van der Waals surface area contributed by atoms with Crippen molar-refractivity contribution in [3.8, 4) is 0 Å². The highest BCUT2D eigenvalue weighted by Gasteiger charge is 2.41. The van der Waals surface area contributed by atoms with Crippen molar-refractivity contribution < 1.29 is 15.0 Å². The Morgan fingerprint density at radius 2 is 2.27 bits per heavy atom. The summed E-state index contributed by atoms with van der Waals surface area (Å²) in [5.74, 6) is -0.674. The van der Waals surface area contributed by atoms with Crippen molar-refractivity contribution in [3.05, 3.63) is 0 Å². The molecule has 0 aliphatic carbocycles. The fourth-order valence-corrected chi connectivity index (χ4v) is 2.52. The van der Waals surface area contributed by atoms with Gasteiger partial charge in [-0.3, -0.25) is 9.69 Å². The fourth-order valence-electron chi connectivity index (χ4n) is 2.52. The monoisotopic (exact) mass is 215 g/mol. The maximum Gasteiger partial charge on any atom is 0.310 e. The van der Waals surface area contributed by atoms with Crippen LogP contribution in [0.3, 0.4) is 0 Å². The lowest BCUT2D eigenvalue weighted by molar-refractivity contribution is -0.153. The molecule has 0 bridgehead atoms. The number of piperidine rings is 1. The number of hydrogen-bond donors (Lipinski definition) is 2. The summed E-state index contributed by atoms with van der Waals surface area (Å²) < 4.78 is 0. The molecule has 0 aromatic rings. The topological polar surface area (TPSA) is 60.8 Å². The van der Waals surface area contributed by atoms with E-state index < -0.39 is 11.4 Å². The zero-order valence-corrected chi connectivity index (χ0v) is 9.41. The first-order valence-electron chi connectivity index (χ1n) is 5.71. The minimum absolute atomic E-state index is 0.113. The van der Waals surface area contributed by atoms with Crippen molar-refractivity contribution >= 4 is 5.97 Å². The number of carboxylic acid groups (broad SMARTS) is 1. The molecular formula is C11H21NO3. The Labute approximate surface area is 90.9 Å². The summed E-state index contributed by atoms with van der Waals surface area (Å²) in [5.41, 5.74) is -0.567. The Hall–Kier alpha value is -0.610. The van der Waals surface area contributed by atoms with E-state index in [2.05, 4.69) is 4.90 Å². The number of carbonyl (C=O) groups is 1. The number of aliphatic carboxylic acids is 1. The number of carboxylic acids is 1. The molecule has 0 radical (unpaired) electrons. The number of hydrogen-bond acceptors (Lipinski definition) is 3. The van der Waals surface area contributed by atoms with Crippen molar-refractivity contribution in [1.29, 1.82) is 0 Å². The number of aliphatic hydroxyl groups excluding tert-OH is 1. The fraction of sp³-hybridized carbons (Fsp3) is 0.909. The molecule has 1 aliphatic heterocycles. The van der Waals surface area contributed by atoms with Crippen molar-refractivity contribution in [2.75, 3.05) is 26.2 Å². The zero-order chi connectivity index (χ0) is 11.3. The lowest BCUT2D eigenvalue weighted by Gasteiger charge is -2.39. The Morgan fingerprint density at radius 1 is 1.53 bits per heavy atom. The molecule has 4 heteroatoms. The third-order valence-electron chi connectivity index (χ3n) is 3.25. The van der Waals surface area contributed by atoms with Crippen molar-refractivity contribution in [2.24, 2.45) is 5.41 Å². The summed E-state index contributed by atoms with van der Waals surface area (Å²) in [6, 6.07) is 0. The summed E-state index contributed by atoms with van der Waals surface area (Å²) in [6.07, 6.45) is 3.34. The molecule has 1 atom stereocenters. The molecule has 1 aliphatic rings. The maximum atomic E-state index is 11.3. The third kappa shape index (κ3) is 2.92. The van der Waals surface area contributed by atoms with Gasteiger partial charge >= 0.3 is 5.97 Å². The first-order valence-corrected chi connectivity index (χ1v) is 5.71. The van der Waals surface area contributed by atoms with E-state index in [9.17, 15) is 9.90 Å². The Balaban J connectivity index is 2.66. The van der Waals surface area contributed by atoms with Crippen molar-refractivity contribution in [1.82, 2.24) is 4.90 Å². The normalized spacial score (nSPS) is 27.9. The zero-order valence-electron chi connectivity index (χ0n) is 9.41. The van der Waals surface area contributed by atoms with Crippen LogP contribution in [0.2, 0.25) is 0 Å². The highest BCUT2D eigenvalue weighted by molar-refractivity contribution is 5.75. The van der Waals surface area contributed by atoms with E-state index in [0.717, 1.165) is 32.2 Å². The van der Waals surface area contributed by atoms with E-state index in [-0.39, 0.29) is 6.61 Å². The number of aliphatic hydroxyl groups is 1. The van der Waals surface area contributed by atoms with Gasteiger partial charge in [-0.25, -0.2) is 0 Å². The molecule has 1 fully saturated rings. The second-order valence-electron chi connectivity index (χ2n) is 4.44. The highest BCUT2D eigenvalue weighted by Crippen LogP contribution is 2.34. The second-order valence-corrected chi connectivity index (χ2v) is 4.44. The van der Waals surface area contributed by atoms with Gasteiger partial charge in [-0.2, -0.15) is 0 Å². The Bertz CT molecular complexity index is 214. The van der Waals surface area contributed by atoms with Crippen LogP contribution in [0, 0.1) is 5.41 Å². The third-order valence-corrected chi connectivity index (χ3v) is 3.25. The lowest BCUT2D eigenvalue weighted by Crippen LogP contribution is -2.48. The maximum absolute atomic E-state index is 11.3. The minimum atomic E-state index is -0.674. The van der Waals surface area contributed by atoms with Gasteiger partial charge in [0.05, 0.1) is 12.0 Å². The van der Waals surface area contributed by atoms with Crippen LogP contribution in [0.15, 0.2) is 0 Å². The molecule has 1 unspecified atom stereocenters. The molecule has 4 nitrogen and oxygen atoms in total. The predicted octanol–water partition coefficient (Wildman–Crippen LogP) is 0.946. The van der Waals surface area contributed by atoms with Gasteiger partial charge in [0.25, 0.3) is 0 Å². The summed E-state index contributed by atoms with van der Waals surface area (Å²) in [4.78, 5) is 13.4. The van der Waals surface area contributed by atoms with Crippen LogP contribution in [0.4, 0.5) is 0 Å². The van der Waals surface area contributed by atoms with Crippen LogP contribution in [0.1, 0.15) is 32.6 Å². The average Bonchev–Trinajstić information content (AvgIpc) is 2.19. The number of likely N-dealkylation sites (tertiary alicyclic amines) is 1.